The fourth-order valence-corrected chi connectivity index (χ4v) is 2.60. The Morgan fingerprint density at radius 2 is 1.77 bits per heavy atom. The third-order valence-corrected chi connectivity index (χ3v) is 4.99. The molecule has 1 N–H and O–H groups in total. The van der Waals surface area contributed by atoms with Crippen LogP contribution in [0.4, 0.5) is 0 Å². The molecule has 0 unspecified atom stereocenters. The summed E-state index contributed by atoms with van der Waals surface area (Å²) in [7, 11) is -0.444. The average molecular weight is 353 g/mol. The second kappa shape index (κ2) is 6.28. The topological polar surface area (TPSA) is 64.7 Å². The Balaban J connectivity index is 1.84. The Kier molecular flexibility index (Phi) is 4.52. The fourth-order valence-electron chi connectivity index (χ4n) is 2.60. The molecule has 0 aliphatic carbocycles. The first-order valence-corrected chi connectivity index (χ1v) is 8.65. The number of aryl methyl sites for hydroxylation is 1. The van der Waals surface area contributed by atoms with Crippen LogP contribution in [0.15, 0.2) is 34.9 Å². The fraction of sp³-hybridized carbons (Fsp3) is 0.450. The Labute approximate surface area is 154 Å². The van der Waals surface area contributed by atoms with E-state index in [9.17, 15) is 5.11 Å². The van der Waals surface area contributed by atoms with Crippen molar-refractivity contribution in [2.24, 2.45) is 0 Å². The highest BCUT2D eigenvalue weighted by atomic mass is 16.7. The molecule has 0 saturated carbocycles. The van der Waals surface area contributed by atoms with Crippen LogP contribution in [0.5, 0.6) is 0 Å². The van der Waals surface area contributed by atoms with E-state index < -0.39 is 23.9 Å². The van der Waals surface area contributed by atoms with Crippen LogP contribution in [0, 0.1) is 18.8 Å². The van der Waals surface area contributed by atoms with E-state index in [2.05, 4.69) is 17.0 Å². The number of hydrogen-bond donors (Lipinski definition) is 1. The molecule has 1 aromatic carbocycles. The van der Waals surface area contributed by atoms with Crippen LogP contribution in [-0.2, 0) is 14.9 Å². The monoisotopic (exact) mass is 353 g/mol. The average Bonchev–Trinajstić information content (AvgIpc) is 3.08. The number of aliphatic hydroxyl groups is 1. The second-order valence-corrected chi connectivity index (χ2v) is 7.86. The van der Waals surface area contributed by atoms with Crippen LogP contribution in [-0.4, -0.2) is 28.6 Å². The predicted molar refractivity (Wildman–Crippen MR) is 99.8 cm³/mol. The lowest BCUT2D eigenvalue weighted by molar-refractivity contribution is 0.00578. The summed E-state index contributed by atoms with van der Waals surface area (Å²) in [5, 5.41) is 14.4. The van der Waals surface area contributed by atoms with Gasteiger partial charge in [-0.2, -0.15) is 0 Å². The van der Waals surface area contributed by atoms with Crippen molar-refractivity contribution in [1.29, 1.82) is 0 Å². The molecule has 0 bridgehead atoms. The smallest absolute Gasteiger partial charge is 0.399 e. The standard InChI is InChI=1S/C20H24BNO4/c1-14-12-17(22-24-14)20(6,23)11-10-15-8-7-9-16(13-15)21-25-18(2,3)19(4,5)26-21/h7-9,12-13,23H,1-6H3/t20-/m1/s1. The maximum Gasteiger partial charge on any atom is 0.494 e. The Morgan fingerprint density at radius 1 is 1.12 bits per heavy atom. The largest absolute Gasteiger partial charge is 0.494 e. The summed E-state index contributed by atoms with van der Waals surface area (Å²) in [5.74, 6) is 6.49. The molecule has 3 rings (SSSR count). The molecule has 136 valence electrons. The quantitative estimate of drug-likeness (QED) is 0.664. The first-order chi connectivity index (χ1) is 12.0. The van der Waals surface area contributed by atoms with Crippen molar-refractivity contribution in [3.05, 3.63) is 47.3 Å². The van der Waals surface area contributed by atoms with Crippen LogP contribution in [0.25, 0.3) is 0 Å². The van der Waals surface area contributed by atoms with Crippen LogP contribution in [0.2, 0.25) is 0 Å². The minimum Gasteiger partial charge on any atom is -0.399 e. The number of nitrogens with zero attached hydrogens (tertiary/aromatic N) is 1. The van der Waals surface area contributed by atoms with Crippen molar-refractivity contribution < 1.29 is 18.9 Å². The number of hydrogen-bond acceptors (Lipinski definition) is 5. The van der Waals surface area contributed by atoms with Gasteiger partial charge in [0.15, 0.2) is 5.60 Å². The van der Waals surface area contributed by atoms with Gasteiger partial charge in [0, 0.05) is 11.6 Å². The van der Waals surface area contributed by atoms with Gasteiger partial charge in [0.2, 0.25) is 0 Å². The first kappa shape index (κ1) is 18.7. The zero-order valence-corrected chi connectivity index (χ0v) is 16.1. The minimum atomic E-state index is -1.39. The van der Waals surface area contributed by atoms with Crippen LogP contribution >= 0.6 is 0 Å². The van der Waals surface area contributed by atoms with E-state index in [0.29, 0.717) is 11.5 Å². The van der Waals surface area contributed by atoms with Crippen molar-refractivity contribution in [2.45, 2.75) is 58.3 Å². The first-order valence-electron chi connectivity index (χ1n) is 8.65. The van der Waals surface area contributed by atoms with Crippen molar-refractivity contribution >= 4 is 12.6 Å². The third kappa shape index (κ3) is 3.56. The molecule has 2 aromatic rings. The van der Waals surface area contributed by atoms with E-state index in [1.807, 2.05) is 52.0 Å². The highest BCUT2D eigenvalue weighted by molar-refractivity contribution is 6.62. The highest BCUT2D eigenvalue weighted by Gasteiger charge is 2.51. The number of benzene rings is 1. The van der Waals surface area contributed by atoms with Crippen LogP contribution in [0.1, 0.15) is 51.6 Å². The number of aromatic nitrogens is 1. The van der Waals surface area contributed by atoms with Crippen molar-refractivity contribution in [2.75, 3.05) is 0 Å². The molecular weight excluding hydrogens is 329 g/mol. The lowest BCUT2D eigenvalue weighted by Gasteiger charge is -2.32. The summed E-state index contributed by atoms with van der Waals surface area (Å²) < 4.78 is 17.2. The molecule has 0 amide bonds. The molecule has 1 atom stereocenters. The zero-order chi connectivity index (χ0) is 19.2. The molecule has 0 radical (unpaired) electrons. The van der Waals surface area contributed by atoms with Gasteiger partial charge in [0.25, 0.3) is 0 Å². The summed E-state index contributed by atoms with van der Waals surface area (Å²) in [4.78, 5) is 0. The Hall–Kier alpha value is -2.07. The molecule has 5 nitrogen and oxygen atoms in total. The summed E-state index contributed by atoms with van der Waals surface area (Å²) in [6.07, 6.45) is 0. The molecule has 1 aliphatic rings. The Morgan fingerprint density at radius 3 is 2.35 bits per heavy atom. The third-order valence-electron chi connectivity index (χ3n) is 4.99. The van der Waals surface area contributed by atoms with Gasteiger partial charge in [-0.05, 0) is 59.1 Å². The van der Waals surface area contributed by atoms with Gasteiger partial charge in [0.1, 0.15) is 11.5 Å². The molecule has 1 fully saturated rings. The maximum atomic E-state index is 10.5. The van der Waals surface area contributed by atoms with E-state index in [1.165, 1.54) is 0 Å². The van der Waals surface area contributed by atoms with Gasteiger partial charge in [-0.25, -0.2) is 0 Å². The molecule has 1 aliphatic heterocycles. The van der Waals surface area contributed by atoms with Crippen molar-refractivity contribution in [3.63, 3.8) is 0 Å². The van der Waals surface area contributed by atoms with Gasteiger partial charge in [0.05, 0.1) is 11.2 Å². The van der Waals surface area contributed by atoms with Crippen LogP contribution < -0.4 is 5.46 Å². The lowest BCUT2D eigenvalue weighted by atomic mass is 9.78. The SMILES string of the molecule is Cc1cc([C@](C)(O)C#Cc2cccc(B3OC(C)(C)C(C)(C)O3)c2)no1. The zero-order valence-electron chi connectivity index (χ0n) is 16.1. The molecular formula is C20H24BNO4. The Bertz CT molecular complexity index is 857. The maximum absolute atomic E-state index is 10.5. The minimum absolute atomic E-state index is 0.393. The van der Waals surface area contributed by atoms with E-state index in [0.717, 1.165) is 11.0 Å². The van der Waals surface area contributed by atoms with Gasteiger partial charge in [-0.1, -0.05) is 29.1 Å². The lowest BCUT2D eigenvalue weighted by Crippen LogP contribution is -2.41. The van der Waals surface area contributed by atoms with Crippen molar-refractivity contribution in [3.8, 4) is 11.8 Å². The predicted octanol–water partition coefficient (Wildman–Crippen LogP) is 2.54. The molecule has 0 spiro atoms. The van der Waals surface area contributed by atoms with Gasteiger partial charge in [-0.15, -0.1) is 0 Å². The van der Waals surface area contributed by atoms with E-state index in [4.69, 9.17) is 13.8 Å². The normalized spacial score (nSPS) is 20.3. The van der Waals surface area contributed by atoms with Gasteiger partial charge in [-0.3, -0.25) is 0 Å². The molecule has 1 aromatic heterocycles. The van der Waals surface area contributed by atoms with Gasteiger partial charge < -0.3 is 18.9 Å². The summed E-state index contributed by atoms with van der Waals surface area (Å²) >= 11 is 0. The van der Waals surface area contributed by atoms with E-state index >= 15 is 0 Å². The van der Waals surface area contributed by atoms with E-state index in [-0.39, 0.29) is 0 Å². The van der Waals surface area contributed by atoms with Crippen LogP contribution in [0.3, 0.4) is 0 Å². The molecule has 26 heavy (non-hydrogen) atoms. The molecule has 2 heterocycles. The molecule has 6 heteroatoms. The van der Waals surface area contributed by atoms with E-state index in [1.54, 1.807) is 19.9 Å². The van der Waals surface area contributed by atoms with Crippen molar-refractivity contribution in [1.82, 2.24) is 5.16 Å². The number of rotatable bonds is 2. The summed E-state index contributed by atoms with van der Waals surface area (Å²) in [6, 6.07) is 9.33. The highest BCUT2D eigenvalue weighted by Crippen LogP contribution is 2.36. The second-order valence-electron chi connectivity index (χ2n) is 7.86. The molecule has 1 saturated heterocycles. The van der Waals surface area contributed by atoms with Gasteiger partial charge >= 0.3 is 7.12 Å². The summed E-state index contributed by atoms with van der Waals surface area (Å²) in [6.45, 7) is 11.5. The summed E-state index contributed by atoms with van der Waals surface area (Å²) in [5.41, 5.74) is -0.130.